The van der Waals surface area contributed by atoms with Crippen LogP contribution in [0.25, 0.3) is 0 Å². The maximum atomic E-state index is 8.44. The summed E-state index contributed by atoms with van der Waals surface area (Å²) in [6, 6.07) is 11.3. The van der Waals surface area contributed by atoms with Gasteiger partial charge in [0, 0.05) is 23.5 Å². The van der Waals surface area contributed by atoms with Crippen LogP contribution in [0.4, 0.5) is 0 Å². The van der Waals surface area contributed by atoms with Gasteiger partial charge in [-0.1, -0.05) is 28.1 Å². The van der Waals surface area contributed by atoms with E-state index in [-0.39, 0.29) is 0 Å². The zero-order valence-corrected chi connectivity index (χ0v) is 10.7. The fraction of sp³-hybridized carbons (Fsp3) is 0.462. The average Bonchev–Trinajstić information content (AvgIpc) is 2.21. The van der Waals surface area contributed by atoms with Gasteiger partial charge in [-0.05, 0) is 36.5 Å². The molecule has 0 radical (unpaired) electrons. The molecular weight excluding hydrogens is 264 g/mol. The highest BCUT2D eigenvalue weighted by atomic mass is 79.9. The maximum absolute atomic E-state index is 8.44. The fourth-order valence-corrected chi connectivity index (χ4v) is 2.57. The molecule has 0 atom stereocenters. The Bertz CT molecular complexity index is 391. The molecule has 16 heavy (non-hydrogen) atoms. The van der Waals surface area contributed by atoms with Gasteiger partial charge in [-0.15, -0.1) is 0 Å². The number of halogens is 1. The molecule has 1 saturated carbocycles. The van der Waals surface area contributed by atoms with Crippen LogP contribution in [0, 0.1) is 11.3 Å². The van der Waals surface area contributed by atoms with Crippen LogP contribution in [0.5, 0.6) is 0 Å². The fourth-order valence-electron chi connectivity index (χ4n) is 2.15. The Hall–Kier alpha value is -0.850. The molecular formula is C13H15BrN2. The van der Waals surface area contributed by atoms with Gasteiger partial charge in [0.15, 0.2) is 0 Å². The number of nitrogens with one attached hydrogen (secondary N) is 1. The third kappa shape index (κ3) is 2.84. The van der Waals surface area contributed by atoms with Crippen LogP contribution < -0.4 is 5.32 Å². The van der Waals surface area contributed by atoms with E-state index in [1.807, 2.05) is 0 Å². The lowest BCUT2D eigenvalue weighted by atomic mass is 9.76. The Labute approximate surface area is 105 Å². The van der Waals surface area contributed by atoms with Crippen molar-refractivity contribution in [3.63, 3.8) is 0 Å². The lowest BCUT2D eigenvalue weighted by Crippen LogP contribution is -2.40. The number of hydrogen-bond donors (Lipinski definition) is 1. The number of nitriles is 1. The Morgan fingerprint density at radius 3 is 2.94 bits per heavy atom. The molecule has 84 valence electrons. The van der Waals surface area contributed by atoms with Crippen molar-refractivity contribution in [2.45, 2.75) is 31.2 Å². The van der Waals surface area contributed by atoms with Gasteiger partial charge in [0.25, 0.3) is 0 Å². The molecule has 3 heteroatoms. The first-order chi connectivity index (χ1) is 7.79. The summed E-state index contributed by atoms with van der Waals surface area (Å²) >= 11 is 3.50. The molecule has 1 aliphatic rings. The third-order valence-electron chi connectivity index (χ3n) is 3.13. The Morgan fingerprint density at radius 1 is 1.44 bits per heavy atom. The molecule has 0 amide bonds. The summed E-state index contributed by atoms with van der Waals surface area (Å²) in [6.07, 6.45) is 3.00. The summed E-state index contributed by atoms with van der Waals surface area (Å²) in [4.78, 5) is 0. The van der Waals surface area contributed by atoms with Crippen molar-refractivity contribution in [2.75, 3.05) is 6.54 Å². The van der Waals surface area contributed by atoms with Gasteiger partial charge in [0.05, 0.1) is 6.07 Å². The number of benzene rings is 1. The van der Waals surface area contributed by atoms with Gasteiger partial charge < -0.3 is 5.32 Å². The Balaban J connectivity index is 1.78. The lowest BCUT2D eigenvalue weighted by molar-refractivity contribution is 0.293. The van der Waals surface area contributed by atoms with Crippen molar-refractivity contribution < 1.29 is 0 Å². The van der Waals surface area contributed by atoms with Crippen molar-refractivity contribution in [1.82, 2.24) is 5.32 Å². The molecule has 1 aromatic carbocycles. The van der Waals surface area contributed by atoms with E-state index in [4.69, 9.17) is 5.26 Å². The van der Waals surface area contributed by atoms with E-state index in [1.165, 1.54) is 18.4 Å². The summed E-state index contributed by atoms with van der Waals surface area (Å²) in [5.74, 6) is 0.692. The van der Waals surface area contributed by atoms with Crippen LogP contribution in [-0.2, 0) is 0 Å². The standard InChI is InChI=1S/C13H15BrN2/c14-12-4-1-3-10(7-12)11-8-13(9-11)16-6-2-5-15/h1,3-4,7,11,13,16H,2,6,8-9H2. The number of hydrogen-bond acceptors (Lipinski definition) is 2. The maximum Gasteiger partial charge on any atom is 0.0635 e. The minimum Gasteiger partial charge on any atom is -0.313 e. The molecule has 0 saturated heterocycles. The van der Waals surface area contributed by atoms with Crippen molar-refractivity contribution >= 4 is 15.9 Å². The SMILES string of the molecule is N#CCCNC1CC(c2cccc(Br)c2)C1. The van der Waals surface area contributed by atoms with Gasteiger partial charge >= 0.3 is 0 Å². The second-order valence-electron chi connectivity index (χ2n) is 4.28. The second kappa shape index (κ2) is 5.47. The Kier molecular flexibility index (Phi) is 3.98. The topological polar surface area (TPSA) is 35.8 Å². The highest BCUT2D eigenvalue weighted by molar-refractivity contribution is 9.10. The first kappa shape index (κ1) is 11.6. The highest BCUT2D eigenvalue weighted by Gasteiger charge is 2.29. The highest BCUT2D eigenvalue weighted by Crippen LogP contribution is 2.37. The third-order valence-corrected chi connectivity index (χ3v) is 3.62. The predicted octanol–water partition coefficient (Wildman–Crippen LogP) is 3.20. The van der Waals surface area contributed by atoms with Gasteiger partial charge in [-0.25, -0.2) is 0 Å². The van der Waals surface area contributed by atoms with Crippen LogP contribution in [0.2, 0.25) is 0 Å². The van der Waals surface area contributed by atoms with E-state index in [0.29, 0.717) is 18.4 Å². The minimum atomic E-state index is 0.609. The molecule has 0 aliphatic heterocycles. The molecule has 1 fully saturated rings. The predicted molar refractivity (Wildman–Crippen MR) is 68.1 cm³/mol. The first-order valence-electron chi connectivity index (χ1n) is 5.65. The summed E-state index contributed by atoms with van der Waals surface area (Å²) < 4.78 is 1.16. The molecule has 0 unspecified atom stereocenters. The van der Waals surface area contributed by atoms with Crippen molar-refractivity contribution in [1.29, 1.82) is 5.26 Å². The molecule has 0 heterocycles. The van der Waals surface area contributed by atoms with E-state index in [1.54, 1.807) is 0 Å². The smallest absolute Gasteiger partial charge is 0.0635 e. The van der Waals surface area contributed by atoms with Crippen molar-refractivity contribution in [3.05, 3.63) is 34.3 Å². The largest absolute Gasteiger partial charge is 0.313 e. The quantitative estimate of drug-likeness (QED) is 0.859. The van der Waals surface area contributed by atoms with Crippen molar-refractivity contribution in [2.24, 2.45) is 0 Å². The molecule has 2 rings (SSSR count). The zero-order chi connectivity index (χ0) is 11.4. The molecule has 1 N–H and O–H groups in total. The molecule has 1 aromatic rings. The summed E-state index contributed by atoms with van der Waals surface area (Å²) in [7, 11) is 0. The van der Waals surface area contributed by atoms with Gasteiger partial charge in [0.1, 0.15) is 0 Å². The molecule has 0 bridgehead atoms. The monoisotopic (exact) mass is 278 g/mol. The lowest BCUT2D eigenvalue weighted by Gasteiger charge is -2.36. The van der Waals surface area contributed by atoms with E-state index >= 15 is 0 Å². The van der Waals surface area contributed by atoms with E-state index < -0.39 is 0 Å². The summed E-state index contributed by atoms with van der Waals surface area (Å²) in [5.41, 5.74) is 1.42. The van der Waals surface area contributed by atoms with E-state index in [0.717, 1.165) is 11.0 Å². The first-order valence-corrected chi connectivity index (χ1v) is 6.44. The van der Waals surface area contributed by atoms with Gasteiger partial charge in [-0.2, -0.15) is 5.26 Å². The Morgan fingerprint density at radius 2 is 2.25 bits per heavy atom. The van der Waals surface area contributed by atoms with Crippen molar-refractivity contribution in [3.8, 4) is 6.07 Å². The van der Waals surface area contributed by atoms with Crippen LogP contribution in [0.3, 0.4) is 0 Å². The number of nitrogens with zero attached hydrogens (tertiary/aromatic N) is 1. The van der Waals surface area contributed by atoms with Crippen LogP contribution >= 0.6 is 15.9 Å². The van der Waals surface area contributed by atoms with Crippen LogP contribution in [0.1, 0.15) is 30.7 Å². The molecule has 1 aliphatic carbocycles. The zero-order valence-electron chi connectivity index (χ0n) is 9.12. The second-order valence-corrected chi connectivity index (χ2v) is 5.20. The van der Waals surface area contributed by atoms with E-state index in [2.05, 4.69) is 51.6 Å². The average molecular weight is 279 g/mol. The molecule has 2 nitrogen and oxygen atoms in total. The number of rotatable bonds is 4. The van der Waals surface area contributed by atoms with Gasteiger partial charge in [0.2, 0.25) is 0 Å². The van der Waals surface area contributed by atoms with Gasteiger partial charge in [-0.3, -0.25) is 0 Å². The summed E-state index contributed by atoms with van der Waals surface area (Å²) in [6.45, 7) is 0.826. The molecule has 0 aromatic heterocycles. The van der Waals surface area contributed by atoms with Crippen LogP contribution in [0.15, 0.2) is 28.7 Å². The molecule has 0 spiro atoms. The van der Waals surface area contributed by atoms with E-state index in [9.17, 15) is 0 Å². The minimum absolute atomic E-state index is 0.609. The van der Waals surface area contributed by atoms with Crippen LogP contribution in [-0.4, -0.2) is 12.6 Å². The summed E-state index contributed by atoms with van der Waals surface area (Å²) in [5, 5.41) is 11.8. The normalized spacial score (nSPS) is 23.5.